The summed E-state index contributed by atoms with van der Waals surface area (Å²) >= 11 is 0. The molecule has 0 saturated carbocycles. The van der Waals surface area contributed by atoms with Crippen LogP contribution in [0.1, 0.15) is 36.7 Å². The lowest BCUT2D eigenvalue weighted by atomic mass is 10.1. The molecule has 1 aliphatic heterocycles. The first kappa shape index (κ1) is 23.8. The maximum atomic E-state index is 13.4. The van der Waals surface area contributed by atoms with Crippen LogP contribution in [0.15, 0.2) is 53.6 Å². The fourth-order valence-corrected chi connectivity index (χ4v) is 5.74. The highest BCUT2D eigenvalue weighted by Crippen LogP contribution is 2.30. The van der Waals surface area contributed by atoms with Crippen LogP contribution in [0, 0.1) is 6.92 Å². The Morgan fingerprint density at radius 2 is 1.71 bits per heavy atom. The molecule has 34 heavy (non-hydrogen) atoms. The summed E-state index contributed by atoms with van der Waals surface area (Å²) in [7, 11) is -3.87. The van der Waals surface area contributed by atoms with Crippen molar-refractivity contribution in [2.75, 3.05) is 31.1 Å². The standard InChI is InChI=1S/C25H29N3O5S/c1-18-7-5-6-8-23(18)34(31,32)28-16-19(17-29)21-15-20(9-10-22(21)28)26-11-13-27(14-12-26)24(30)33-25(2,3)4/h5-10,15-17H,11-14H2,1-4H3. The van der Waals surface area contributed by atoms with Gasteiger partial charge in [0.2, 0.25) is 0 Å². The van der Waals surface area contributed by atoms with Crippen molar-refractivity contribution >= 4 is 39.0 Å². The maximum absolute atomic E-state index is 13.4. The van der Waals surface area contributed by atoms with Crippen molar-refractivity contribution < 1.29 is 22.7 Å². The van der Waals surface area contributed by atoms with Crippen LogP contribution in [0.3, 0.4) is 0 Å². The van der Waals surface area contributed by atoms with Crippen LogP contribution in [0.25, 0.3) is 10.9 Å². The van der Waals surface area contributed by atoms with Crippen molar-refractivity contribution in [3.63, 3.8) is 0 Å². The summed E-state index contributed by atoms with van der Waals surface area (Å²) in [6.45, 7) is 9.48. The van der Waals surface area contributed by atoms with Gasteiger partial charge < -0.3 is 14.5 Å². The summed E-state index contributed by atoms with van der Waals surface area (Å²) < 4.78 is 33.4. The molecule has 3 aromatic rings. The highest BCUT2D eigenvalue weighted by atomic mass is 32.2. The zero-order valence-corrected chi connectivity index (χ0v) is 20.6. The number of rotatable bonds is 4. The minimum atomic E-state index is -3.87. The molecule has 0 spiro atoms. The van der Waals surface area contributed by atoms with Gasteiger partial charge in [-0.2, -0.15) is 0 Å². The van der Waals surface area contributed by atoms with E-state index < -0.39 is 15.6 Å². The Balaban J connectivity index is 1.62. The Hall–Kier alpha value is -3.33. The predicted octanol–water partition coefficient (Wildman–Crippen LogP) is 4.06. The number of anilines is 1. The zero-order valence-electron chi connectivity index (χ0n) is 19.8. The molecule has 0 aliphatic carbocycles. The van der Waals surface area contributed by atoms with Gasteiger partial charge in [-0.05, 0) is 57.5 Å². The van der Waals surface area contributed by atoms with Gasteiger partial charge in [-0.1, -0.05) is 18.2 Å². The van der Waals surface area contributed by atoms with Crippen molar-refractivity contribution in [1.29, 1.82) is 0 Å². The number of nitrogens with zero attached hydrogens (tertiary/aromatic N) is 3. The molecule has 0 radical (unpaired) electrons. The van der Waals surface area contributed by atoms with Gasteiger partial charge in [0.25, 0.3) is 10.0 Å². The normalized spacial score (nSPS) is 14.9. The second-order valence-corrected chi connectivity index (χ2v) is 11.2. The van der Waals surface area contributed by atoms with E-state index in [1.54, 1.807) is 42.2 Å². The molecule has 0 unspecified atom stereocenters. The van der Waals surface area contributed by atoms with Gasteiger partial charge in [-0.15, -0.1) is 0 Å². The lowest BCUT2D eigenvalue weighted by Gasteiger charge is -2.36. The lowest BCUT2D eigenvalue weighted by Crippen LogP contribution is -2.50. The number of aldehydes is 1. The number of benzene rings is 2. The first-order valence-corrected chi connectivity index (χ1v) is 12.6. The number of hydrogen-bond acceptors (Lipinski definition) is 6. The SMILES string of the molecule is Cc1ccccc1S(=O)(=O)n1cc(C=O)c2cc(N3CCN(C(=O)OC(C)(C)C)CC3)ccc21. The molecule has 0 N–H and O–H groups in total. The van der Waals surface area contributed by atoms with Crippen molar-refractivity contribution in [2.24, 2.45) is 0 Å². The molecular weight excluding hydrogens is 454 g/mol. The summed E-state index contributed by atoms with van der Waals surface area (Å²) in [5, 5.41) is 0.569. The average molecular weight is 484 g/mol. The minimum absolute atomic E-state index is 0.201. The molecule has 2 aromatic carbocycles. The Morgan fingerprint density at radius 3 is 2.32 bits per heavy atom. The minimum Gasteiger partial charge on any atom is -0.444 e. The number of hydrogen-bond donors (Lipinski definition) is 0. The molecular formula is C25H29N3O5S. The summed E-state index contributed by atoms with van der Waals surface area (Å²) in [6.07, 6.45) is 1.73. The highest BCUT2D eigenvalue weighted by molar-refractivity contribution is 7.90. The van der Waals surface area contributed by atoms with Crippen molar-refractivity contribution in [3.8, 4) is 0 Å². The molecule has 1 amide bonds. The Kier molecular flexibility index (Phi) is 6.16. The molecule has 8 nitrogen and oxygen atoms in total. The number of aromatic nitrogens is 1. The molecule has 1 fully saturated rings. The lowest BCUT2D eigenvalue weighted by molar-refractivity contribution is 0.0240. The summed E-state index contributed by atoms with van der Waals surface area (Å²) in [5.41, 5.74) is 1.71. The molecule has 1 saturated heterocycles. The van der Waals surface area contributed by atoms with E-state index in [-0.39, 0.29) is 11.0 Å². The second kappa shape index (κ2) is 8.79. The topological polar surface area (TPSA) is 88.9 Å². The number of fused-ring (bicyclic) bond motifs is 1. The van der Waals surface area contributed by atoms with E-state index in [1.165, 1.54) is 10.2 Å². The Labute approximate surface area is 199 Å². The van der Waals surface area contributed by atoms with E-state index in [2.05, 4.69) is 4.90 Å². The van der Waals surface area contributed by atoms with E-state index in [1.807, 2.05) is 32.9 Å². The first-order chi connectivity index (χ1) is 16.0. The van der Waals surface area contributed by atoms with E-state index >= 15 is 0 Å². The molecule has 180 valence electrons. The molecule has 0 bridgehead atoms. The summed E-state index contributed by atoms with van der Waals surface area (Å²) in [5.74, 6) is 0. The van der Waals surface area contributed by atoms with Gasteiger partial charge in [0.05, 0.1) is 10.4 Å². The van der Waals surface area contributed by atoms with Crippen molar-refractivity contribution in [1.82, 2.24) is 8.87 Å². The average Bonchev–Trinajstić information content (AvgIpc) is 3.17. The largest absolute Gasteiger partial charge is 0.444 e. The fourth-order valence-electron chi connectivity index (χ4n) is 4.13. The van der Waals surface area contributed by atoms with Gasteiger partial charge in [0.1, 0.15) is 5.60 Å². The van der Waals surface area contributed by atoms with E-state index in [0.717, 1.165) is 5.69 Å². The number of aryl methyl sites for hydroxylation is 1. The quantitative estimate of drug-likeness (QED) is 0.520. The third-order valence-electron chi connectivity index (χ3n) is 5.84. The van der Waals surface area contributed by atoms with Crippen LogP contribution >= 0.6 is 0 Å². The van der Waals surface area contributed by atoms with Crippen molar-refractivity contribution in [2.45, 2.75) is 38.2 Å². The van der Waals surface area contributed by atoms with Gasteiger partial charge in [-0.25, -0.2) is 17.2 Å². The van der Waals surface area contributed by atoms with Gasteiger partial charge >= 0.3 is 6.09 Å². The molecule has 4 rings (SSSR count). The number of piperazine rings is 1. The van der Waals surface area contributed by atoms with Gasteiger partial charge in [-0.3, -0.25) is 4.79 Å². The number of amides is 1. The first-order valence-electron chi connectivity index (χ1n) is 11.2. The fraction of sp³-hybridized carbons (Fsp3) is 0.360. The van der Waals surface area contributed by atoms with E-state index in [4.69, 9.17) is 4.74 Å². The molecule has 9 heteroatoms. The van der Waals surface area contributed by atoms with Crippen LogP contribution in [0.5, 0.6) is 0 Å². The van der Waals surface area contributed by atoms with Crippen LogP contribution in [0.2, 0.25) is 0 Å². The van der Waals surface area contributed by atoms with E-state index in [9.17, 15) is 18.0 Å². The number of carbonyl (C=O) groups excluding carboxylic acids is 2. The van der Waals surface area contributed by atoms with E-state index in [0.29, 0.717) is 54.5 Å². The Bertz CT molecular complexity index is 1350. The van der Waals surface area contributed by atoms with Crippen LogP contribution in [0.4, 0.5) is 10.5 Å². The smallest absolute Gasteiger partial charge is 0.410 e. The molecule has 2 heterocycles. The van der Waals surface area contributed by atoms with Gasteiger partial charge in [0, 0.05) is 49.0 Å². The van der Waals surface area contributed by atoms with Crippen molar-refractivity contribution in [3.05, 3.63) is 59.8 Å². The molecule has 0 atom stereocenters. The molecule has 1 aliphatic rings. The number of ether oxygens (including phenoxy) is 1. The predicted molar refractivity (Wildman–Crippen MR) is 131 cm³/mol. The third-order valence-corrected chi connectivity index (χ3v) is 7.67. The van der Waals surface area contributed by atoms with Crippen LogP contribution < -0.4 is 4.90 Å². The third kappa shape index (κ3) is 4.52. The second-order valence-electron chi connectivity index (χ2n) is 9.42. The zero-order chi connectivity index (χ0) is 24.7. The maximum Gasteiger partial charge on any atom is 0.410 e. The molecule has 1 aromatic heterocycles. The van der Waals surface area contributed by atoms with Crippen LogP contribution in [-0.2, 0) is 14.8 Å². The summed E-state index contributed by atoms with van der Waals surface area (Å²) in [4.78, 5) is 28.1. The summed E-state index contributed by atoms with van der Waals surface area (Å²) in [6, 6.07) is 12.2. The highest BCUT2D eigenvalue weighted by Gasteiger charge is 2.27. The van der Waals surface area contributed by atoms with Crippen LogP contribution in [-0.4, -0.2) is 61.4 Å². The Morgan fingerprint density at radius 1 is 1.03 bits per heavy atom. The number of carbonyl (C=O) groups is 2. The van der Waals surface area contributed by atoms with Gasteiger partial charge in [0.15, 0.2) is 6.29 Å². The monoisotopic (exact) mass is 483 g/mol.